The lowest BCUT2D eigenvalue weighted by Crippen LogP contribution is -1.85. The van der Waals surface area contributed by atoms with Crippen LogP contribution in [0.1, 0.15) is 15.2 Å². The normalized spacial score (nSPS) is 10.7. The van der Waals surface area contributed by atoms with E-state index in [1.165, 1.54) is 11.3 Å². The van der Waals surface area contributed by atoms with Crippen LogP contribution in [0.15, 0.2) is 23.1 Å². The van der Waals surface area contributed by atoms with Gasteiger partial charge in [-0.3, -0.25) is 4.79 Å². The maximum Gasteiger partial charge on any atom is 0.160 e. The van der Waals surface area contributed by atoms with Crippen molar-refractivity contribution in [1.29, 1.82) is 0 Å². The van der Waals surface area contributed by atoms with E-state index in [-0.39, 0.29) is 6.61 Å². The predicted octanol–water partition coefficient (Wildman–Crippen LogP) is 2.49. The lowest BCUT2D eigenvalue weighted by molar-refractivity contribution is 0.112. The van der Waals surface area contributed by atoms with Gasteiger partial charge in [0, 0.05) is 15.2 Å². The van der Waals surface area contributed by atoms with Crippen molar-refractivity contribution in [3.05, 3.63) is 28.6 Å². The number of hydrogen-bond donors (Lipinski definition) is 2. The topological polar surface area (TPSA) is 37.3 Å². The Bertz CT molecular complexity index is 488. The summed E-state index contributed by atoms with van der Waals surface area (Å²) < 4.78 is 0.989. The number of rotatable bonds is 2. The third-order valence-electron chi connectivity index (χ3n) is 2.07. The molecule has 2 rings (SSSR count). The van der Waals surface area contributed by atoms with Gasteiger partial charge < -0.3 is 5.11 Å². The summed E-state index contributed by atoms with van der Waals surface area (Å²) in [5, 5.41) is 10.1. The number of benzene rings is 1. The monoisotopic (exact) mass is 224 g/mol. The van der Waals surface area contributed by atoms with E-state index < -0.39 is 0 Å². The van der Waals surface area contributed by atoms with Crippen molar-refractivity contribution < 1.29 is 9.90 Å². The summed E-state index contributed by atoms with van der Waals surface area (Å²) >= 11 is 5.60. The first kappa shape index (κ1) is 9.71. The summed E-state index contributed by atoms with van der Waals surface area (Å²) in [7, 11) is 0. The summed E-state index contributed by atoms with van der Waals surface area (Å²) in [6, 6.07) is 5.63. The molecule has 0 fully saturated rings. The second kappa shape index (κ2) is 3.73. The molecule has 0 saturated heterocycles. The molecule has 2 aromatic rings. The van der Waals surface area contributed by atoms with Crippen LogP contribution >= 0.6 is 24.0 Å². The molecule has 4 heteroatoms. The third-order valence-corrected chi connectivity index (χ3v) is 3.47. The average molecular weight is 224 g/mol. The fraction of sp³-hybridized carbons (Fsp3) is 0.100. The zero-order valence-electron chi connectivity index (χ0n) is 7.23. The first-order chi connectivity index (χ1) is 6.76. The Hall–Kier alpha value is -0.840. The van der Waals surface area contributed by atoms with Crippen molar-refractivity contribution >= 4 is 40.3 Å². The van der Waals surface area contributed by atoms with Crippen LogP contribution in [0.2, 0.25) is 0 Å². The molecular weight excluding hydrogens is 216 g/mol. The minimum absolute atomic E-state index is 0.0972. The van der Waals surface area contributed by atoms with Gasteiger partial charge in [-0.2, -0.15) is 0 Å². The van der Waals surface area contributed by atoms with E-state index in [1.807, 2.05) is 18.2 Å². The molecule has 0 radical (unpaired) electrons. The molecule has 2 nitrogen and oxygen atoms in total. The first-order valence-electron chi connectivity index (χ1n) is 4.06. The number of aliphatic hydroxyl groups is 1. The van der Waals surface area contributed by atoms with Gasteiger partial charge in [0.2, 0.25) is 0 Å². The minimum atomic E-state index is -0.0972. The van der Waals surface area contributed by atoms with Crippen molar-refractivity contribution in [2.45, 2.75) is 11.5 Å². The number of thiophene rings is 1. The Labute approximate surface area is 90.6 Å². The molecule has 14 heavy (non-hydrogen) atoms. The summed E-state index contributed by atoms with van der Waals surface area (Å²) in [6.45, 7) is -0.0972. The second-order valence-electron chi connectivity index (χ2n) is 2.90. The number of carbonyl (C=O) groups is 1. The van der Waals surface area contributed by atoms with E-state index >= 15 is 0 Å². The standard InChI is InChI=1S/C10H8O2S2/c11-4-8-7-2-1-6(13)3-9(7)14-10(8)5-12/h1-3,5,11,13H,4H2. The second-order valence-corrected chi connectivity index (χ2v) is 4.50. The number of aliphatic hydroxyl groups excluding tert-OH is 1. The molecule has 72 valence electrons. The molecule has 0 aliphatic carbocycles. The number of thiol groups is 1. The van der Waals surface area contributed by atoms with Gasteiger partial charge >= 0.3 is 0 Å². The van der Waals surface area contributed by atoms with E-state index in [1.54, 1.807) is 0 Å². The van der Waals surface area contributed by atoms with E-state index in [9.17, 15) is 4.79 Å². The number of aldehydes is 1. The van der Waals surface area contributed by atoms with Gasteiger partial charge in [0.15, 0.2) is 6.29 Å². The lowest BCUT2D eigenvalue weighted by Gasteiger charge is -1.95. The van der Waals surface area contributed by atoms with Gasteiger partial charge in [0.25, 0.3) is 0 Å². The highest BCUT2D eigenvalue weighted by molar-refractivity contribution is 7.80. The molecular formula is C10H8O2S2. The lowest BCUT2D eigenvalue weighted by atomic mass is 10.1. The number of fused-ring (bicyclic) bond motifs is 1. The maximum absolute atomic E-state index is 10.7. The Balaban J connectivity index is 2.79. The predicted molar refractivity (Wildman–Crippen MR) is 60.4 cm³/mol. The van der Waals surface area contributed by atoms with Crippen LogP contribution in [0.25, 0.3) is 10.1 Å². The Morgan fingerprint density at radius 3 is 2.93 bits per heavy atom. The Morgan fingerprint density at radius 2 is 2.29 bits per heavy atom. The highest BCUT2D eigenvalue weighted by atomic mass is 32.1. The molecule has 1 N–H and O–H groups in total. The van der Waals surface area contributed by atoms with E-state index in [0.29, 0.717) is 10.4 Å². The zero-order valence-corrected chi connectivity index (χ0v) is 8.94. The van der Waals surface area contributed by atoms with Crippen LogP contribution in [-0.2, 0) is 6.61 Å². The van der Waals surface area contributed by atoms with Crippen LogP contribution in [0, 0.1) is 0 Å². The van der Waals surface area contributed by atoms with Gasteiger partial charge in [-0.1, -0.05) is 6.07 Å². The average Bonchev–Trinajstić information content (AvgIpc) is 2.54. The zero-order chi connectivity index (χ0) is 10.1. The third kappa shape index (κ3) is 1.45. The van der Waals surface area contributed by atoms with Crippen LogP contribution in [0.4, 0.5) is 0 Å². The quantitative estimate of drug-likeness (QED) is 0.607. The van der Waals surface area contributed by atoms with E-state index in [0.717, 1.165) is 21.3 Å². The fourth-order valence-corrected chi connectivity index (χ4v) is 2.78. The van der Waals surface area contributed by atoms with Crippen LogP contribution < -0.4 is 0 Å². The van der Waals surface area contributed by atoms with Gasteiger partial charge in [-0.05, 0) is 17.5 Å². The van der Waals surface area contributed by atoms with Crippen molar-refractivity contribution in [2.75, 3.05) is 0 Å². The van der Waals surface area contributed by atoms with Crippen LogP contribution in [0.5, 0.6) is 0 Å². The van der Waals surface area contributed by atoms with Gasteiger partial charge in [0.05, 0.1) is 11.5 Å². The Kier molecular flexibility index (Phi) is 2.58. The van der Waals surface area contributed by atoms with E-state index in [4.69, 9.17) is 5.11 Å². The van der Waals surface area contributed by atoms with Gasteiger partial charge in [-0.15, -0.1) is 24.0 Å². The molecule has 1 aromatic carbocycles. The Morgan fingerprint density at radius 1 is 1.50 bits per heavy atom. The van der Waals surface area contributed by atoms with Gasteiger partial charge in [-0.25, -0.2) is 0 Å². The van der Waals surface area contributed by atoms with Crippen molar-refractivity contribution in [3.8, 4) is 0 Å². The molecule has 0 aliphatic heterocycles. The maximum atomic E-state index is 10.7. The minimum Gasteiger partial charge on any atom is -0.392 e. The summed E-state index contributed by atoms with van der Waals surface area (Å²) in [4.78, 5) is 12.2. The molecule has 1 heterocycles. The smallest absolute Gasteiger partial charge is 0.160 e. The molecule has 1 aromatic heterocycles. The molecule has 0 atom stereocenters. The van der Waals surface area contributed by atoms with Crippen molar-refractivity contribution in [1.82, 2.24) is 0 Å². The molecule has 0 bridgehead atoms. The molecule has 0 spiro atoms. The van der Waals surface area contributed by atoms with Gasteiger partial charge in [0.1, 0.15) is 0 Å². The van der Waals surface area contributed by atoms with Crippen LogP contribution in [0.3, 0.4) is 0 Å². The fourth-order valence-electron chi connectivity index (χ4n) is 1.42. The molecule has 0 saturated carbocycles. The highest BCUT2D eigenvalue weighted by Gasteiger charge is 2.10. The van der Waals surface area contributed by atoms with Crippen molar-refractivity contribution in [2.24, 2.45) is 0 Å². The van der Waals surface area contributed by atoms with E-state index in [2.05, 4.69) is 12.6 Å². The number of hydrogen-bond acceptors (Lipinski definition) is 4. The summed E-state index contributed by atoms with van der Waals surface area (Å²) in [6.07, 6.45) is 0.786. The molecule has 0 amide bonds. The molecule has 0 unspecified atom stereocenters. The summed E-state index contributed by atoms with van der Waals surface area (Å²) in [5.41, 5.74) is 0.716. The highest BCUT2D eigenvalue weighted by Crippen LogP contribution is 2.31. The van der Waals surface area contributed by atoms with Crippen molar-refractivity contribution in [3.63, 3.8) is 0 Å². The SMILES string of the molecule is O=Cc1sc2cc(S)ccc2c1CO. The largest absolute Gasteiger partial charge is 0.392 e. The molecule has 0 aliphatic rings. The number of carbonyl (C=O) groups excluding carboxylic acids is 1. The first-order valence-corrected chi connectivity index (χ1v) is 5.33. The van der Waals surface area contributed by atoms with Crippen LogP contribution in [-0.4, -0.2) is 11.4 Å². The summed E-state index contributed by atoms with van der Waals surface area (Å²) in [5.74, 6) is 0.